The zero-order valence-corrected chi connectivity index (χ0v) is 35.2. The van der Waals surface area contributed by atoms with Crippen molar-refractivity contribution in [2.75, 3.05) is 40.5 Å². The monoisotopic (exact) mass is 864 g/mol. The van der Waals surface area contributed by atoms with Gasteiger partial charge < -0.3 is 49.6 Å². The molecule has 16 heteroatoms. The molecule has 2 fully saturated rings. The third kappa shape index (κ3) is 8.63. The largest absolute Gasteiger partial charge is 0.453 e. The van der Waals surface area contributed by atoms with Crippen LogP contribution in [0.2, 0.25) is 0 Å². The Bertz CT molecular complexity index is 2590. The Morgan fingerprint density at radius 1 is 0.797 bits per heavy atom. The molecule has 4 aromatic carbocycles. The van der Waals surface area contributed by atoms with Gasteiger partial charge in [0.1, 0.15) is 23.9 Å². The maximum atomic E-state index is 14.3. The number of rotatable bonds is 12. The van der Waals surface area contributed by atoms with Crippen molar-refractivity contribution in [1.82, 2.24) is 40.4 Å². The molecule has 64 heavy (non-hydrogen) atoms. The van der Waals surface area contributed by atoms with Crippen molar-refractivity contribution >= 4 is 18.1 Å². The Morgan fingerprint density at radius 3 is 2.06 bits per heavy atom. The highest BCUT2D eigenvalue weighted by atomic mass is 16.7. The first-order valence-electron chi connectivity index (χ1n) is 21.0. The van der Waals surface area contributed by atoms with Crippen molar-refractivity contribution in [2.45, 2.75) is 42.6 Å². The van der Waals surface area contributed by atoms with Crippen LogP contribution in [-0.4, -0.2) is 105 Å². The number of amides is 3. The minimum Gasteiger partial charge on any atom is -0.453 e. The average molecular weight is 865 g/mol. The van der Waals surface area contributed by atoms with Crippen molar-refractivity contribution in [3.63, 3.8) is 0 Å². The van der Waals surface area contributed by atoms with Crippen LogP contribution < -0.4 is 10.6 Å². The Balaban J connectivity index is 0.886. The minimum absolute atomic E-state index is 0.168. The van der Waals surface area contributed by atoms with E-state index >= 15 is 0 Å². The number of nitrogens with one attached hydrogen (secondary N) is 4. The first-order chi connectivity index (χ1) is 31.2. The Labute approximate surface area is 369 Å². The van der Waals surface area contributed by atoms with E-state index in [2.05, 4.69) is 20.6 Å². The SMILES string of the molecule is COC(=O)N[C@H](c1ccccc1)C(O)N1CC=C[C@H]1c1nc(-c2ccc(-c3ccc(-c4cnc([C@@H]5CC6(CN5C(=O)[C@H](NC(=O)OC)c5ccccc5)OCCO6)[nH]4)cc3)cc2)c[nH]1. The zero-order valence-electron chi connectivity index (χ0n) is 35.2. The number of hydrogen-bond acceptors (Lipinski definition) is 11. The third-order valence-electron chi connectivity index (χ3n) is 12.0. The number of H-pyrrole nitrogens is 2. The molecule has 3 amide bonds. The Morgan fingerprint density at radius 2 is 1.41 bits per heavy atom. The number of methoxy groups -OCH3 is 2. The van der Waals surface area contributed by atoms with E-state index < -0.39 is 42.3 Å². The van der Waals surface area contributed by atoms with Gasteiger partial charge in [0.2, 0.25) is 0 Å². The first kappa shape index (κ1) is 42.2. The molecule has 3 aliphatic heterocycles. The number of aromatic nitrogens is 4. The molecule has 0 aliphatic carbocycles. The number of nitrogens with zero attached hydrogens (tertiary/aromatic N) is 4. The quantitative estimate of drug-likeness (QED) is 0.0835. The molecular weight excluding hydrogens is 817 g/mol. The molecule has 1 spiro atoms. The lowest BCUT2D eigenvalue weighted by molar-refractivity contribution is -0.153. The molecule has 1 unspecified atom stereocenters. The van der Waals surface area contributed by atoms with E-state index in [1.54, 1.807) is 23.2 Å². The number of aliphatic hydroxyl groups excluding tert-OH is 1. The first-order valence-corrected chi connectivity index (χ1v) is 21.0. The molecule has 16 nitrogen and oxygen atoms in total. The molecule has 0 bridgehead atoms. The lowest BCUT2D eigenvalue weighted by atomic mass is 10.0. The summed E-state index contributed by atoms with van der Waals surface area (Å²) in [6.07, 6.45) is 5.50. The highest BCUT2D eigenvalue weighted by Crippen LogP contribution is 2.43. The van der Waals surface area contributed by atoms with Crippen LogP contribution in [0.15, 0.2) is 134 Å². The highest BCUT2D eigenvalue weighted by Gasteiger charge is 2.52. The maximum absolute atomic E-state index is 14.3. The van der Waals surface area contributed by atoms with Gasteiger partial charge in [0.05, 0.1) is 69.7 Å². The number of alkyl carbamates (subject to hydrolysis) is 2. The highest BCUT2D eigenvalue weighted by molar-refractivity contribution is 5.87. The number of aromatic amines is 2. The topological polar surface area (TPSA) is 196 Å². The van der Waals surface area contributed by atoms with Gasteiger partial charge in [0, 0.05) is 24.7 Å². The molecule has 9 rings (SSSR count). The van der Waals surface area contributed by atoms with Gasteiger partial charge in [0.25, 0.3) is 5.91 Å². The summed E-state index contributed by atoms with van der Waals surface area (Å²) in [5, 5.41) is 17.1. The van der Waals surface area contributed by atoms with Crippen LogP contribution in [0.3, 0.4) is 0 Å². The predicted octanol–water partition coefficient (Wildman–Crippen LogP) is 6.58. The molecule has 0 saturated carbocycles. The second-order valence-electron chi connectivity index (χ2n) is 15.8. The van der Waals surface area contributed by atoms with Crippen molar-refractivity contribution < 1.29 is 38.4 Å². The second-order valence-corrected chi connectivity index (χ2v) is 15.8. The lowest BCUT2D eigenvalue weighted by Crippen LogP contribution is -2.46. The average Bonchev–Trinajstić information content (AvgIpc) is 4.21. The fraction of sp³-hybridized carbons (Fsp3) is 0.271. The summed E-state index contributed by atoms with van der Waals surface area (Å²) in [6.45, 7) is 1.46. The molecule has 0 radical (unpaired) electrons. The number of likely N-dealkylation sites (tertiary alicyclic amines) is 1. The van der Waals surface area contributed by atoms with Gasteiger partial charge in [-0.3, -0.25) is 9.69 Å². The molecule has 5 N–H and O–H groups in total. The Hall–Kier alpha value is -7.11. The van der Waals surface area contributed by atoms with E-state index in [9.17, 15) is 19.5 Å². The van der Waals surface area contributed by atoms with Gasteiger partial charge in [-0.2, -0.15) is 0 Å². The number of ether oxygens (including phenoxy) is 4. The Kier molecular flexibility index (Phi) is 12.1. The fourth-order valence-electron chi connectivity index (χ4n) is 8.69. The number of benzene rings is 4. The molecule has 2 saturated heterocycles. The van der Waals surface area contributed by atoms with E-state index in [4.69, 9.17) is 28.9 Å². The fourth-order valence-corrected chi connectivity index (χ4v) is 8.69. The summed E-state index contributed by atoms with van der Waals surface area (Å²) >= 11 is 0. The summed E-state index contributed by atoms with van der Waals surface area (Å²) < 4.78 is 21.9. The molecule has 2 aromatic heterocycles. The maximum Gasteiger partial charge on any atom is 0.407 e. The normalized spacial score (nSPS) is 19.3. The second kappa shape index (κ2) is 18.3. The number of imidazole rings is 2. The summed E-state index contributed by atoms with van der Waals surface area (Å²) in [5.41, 5.74) is 6.75. The predicted molar refractivity (Wildman–Crippen MR) is 235 cm³/mol. The van der Waals surface area contributed by atoms with Gasteiger partial charge in [-0.05, 0) is 27.8 Å². The van der Waals surface area contributed by atoms with Crippen LogP contribution in [-0.2, 0) is 23.7 Å². The smallest absolute Gasteiger partial charge is 0.407 e. The molecule has 3 aliphatic rings. The number of carbonyl (C=O) groups is 3. The molecule has 5 heterocycles. The van der Waals surface area contributed by atoms with Crippen LogP contribution in [0.1, 0.15) is 53.4 Å². The van der Waals surface area contributed by atoms with E-state index in [0.29, 0.717) is 43.4 Å². The van der Waals surface area contributed by atoms with Crippen LogP contribution in [0.25, 0.3) is 33.6 Å². The molecule has 6 aromatic rings. The van der Waals surface area contributed by atoms with E-state index in [1.807, 2.05) is 120 Å². The minimum atomic E-state index is -1.07. The van der Waals surface area contributed by atoms with E-state index in [-0.39, 0.29) is 18.5 Å². The lowest BCUT2D eigenvalue weighted by Gasteiger charge is -2.34. The van der Waals surface area contributed by atoms with Crippen molar-refractivity contribution in [2.24, 2.45) is 0 Å². The standard InChI is InChI=1S/C48H48N8O8/c1-61-46(59)53-40(34-10-5-3-6-11-34)44(57)55-23-9-14-38(55)42-49-27-36(51-42)32-19-15-30(16-20-32)31-17-21-33(22-18-31)37-28-50-43(52-37)39-26-48(63-24-25-64-48)29-56(39)45(58)41(54-47(60)62-2)35-12-7-4-8-13-35/h3-22,27-28,38-41,44,57H,23-26,29H2,1-2H3,(H,49,51)(H,50,52)(H,53,59)(H,54,60)/t38-,39-,40+,41+,44?/m0/s1. The number of carbonyl (C=O) groups excluding carboxylic acids is 3. The van der Waals surface area contributed by atoms with Gasteiger partial charge in [0.15, 0.2) is 5.79 Å². The third-order valence-corrected chi connectivity index (χ3v) is 12.0. The number of aliphatic hydroxyl groups is 1. The number of hydrogen-bond donors (Lipinski definition) is 5. The summed E-state index contributed by atoms with van der Waals surface area (Å²) in [5.74, 6) is -0.0825. The molecular formula is C48H48N8O8. The van der Waals surface area contributed by atoms with Crippen LogP contribution in [0, 0.1) is 0 Å². The van der Waals surface area contributed by atoms with Gasteiger partial charge in [-0.15, -0.1) is 0 Å². The van der Waals surface area contributed by atoms with Crippen molar-refractivity contribution in [1.29, 1.82) is 0 Å². The van der Waals surface area contributed by atoms with E-state index in [1.165, 1.54) is 14.2 Å². The van der Waals surface area contributed by atoms with Gasteiger partial charge >= 0.3 is 12.2 Å². The summed E-state index contributed by atoms with van der Waals surface area (Å²) in [6, 6.07) is 32.0. The van der Waals surface area contributed by atoms with Crippen LogP contribution >= 0.6 is 0 Å². The van der Waals surface area contributed by atoms with E-state index in [0.717, 1.165) is 39.2 Å². The molecule has 5 atom stereocenters. The van der Waals surface area contributed by atoms with Crippen molar-refractivity contribution in [3.05, 3.63) is 157 Å². The summed E-state index contributed by atoms with van der Waals surface area (Å²) in [7, 11) is 2.55. The van der Waals surface area contributed by atoms with Gasteiger partial charge in [-0.25, -0.2) is 19.6 Å². The van der Waals surface area contributed by atoms with Crippen LogP contribution in [0.4, 0.5) is 9.59 Å². The van der Waals surface area contributed by atoms with Crippen molar-refractivity contribution in [3.8, 4) is 33.6 Å². The van der Waals surface area contributed by atoms with Crippen LogP contribution in [0.5, 0.6) is 0 Å². The molecule has 328 valence electrons. The van der Waals surface area contributed by atoms with Gasteiger partial charge in [-0.1, -0.05) is 121 Å². The summed E-state index contributed by atoms with van der Waals surface area (Å²) in [4.78, 5) is 59.0. The zero-order chi connectivity index (χ0) is 44.2.